The van der Waals surface area contributed by atoms with E-state index in [-0.39, 0.29) is 30.7 Å². The minimum atomic E-state index is -0.441. The lowest BCUT2D eigenvalue weighted by Gasteiger charge is -2.19. The summed E-state index contributed by atoms with van der Waals surface area (Å²) < 4.78 is 18.9. The number of hydrogen-bond donors (Lipinski definition) is 1. The van der Waals surface area contributed by atoms with Gasteiger partial charge in [-0.25, -0.2) is 4.39 Å². The maximum Gasteiger partial charge on any atom is 0.224 e. The van der Waals surface area contributed by atoms with Crippen LogP contribution in [0.5, 0.6) is 5.75 Å². The van der Waals surface area contributed by atoms with E-state index in [1.807, 2.05) is 48.5 Å². The Hall–Kier alpha value is -3.21. The smallest absolute Gasteiger partial charge is 0.224 e. The SMILES string of the molecule is O=C(CCOc1ccccc1F)NC(c1ccccc1)c1ccccn1. The van der Waals surface area contributed by atoms with Gasteiger partial charge >= 0.3 is 0 Å². The van der Waals surface area contributed by atoms with Crippen molar-refractivity contribution in [2.45, 2.75) is 12.5 Å². The topological polar surface area (TPSA) is 51.2 Å². The van der Waals surface area contributed by atoms with E-state index in [4.69, 9.17) is 4.74 Å². The van der Waals surface area contributed by atoms with Crippen molar-refractivity contribution in [2.24, 2.45) is 0 Å². The van der Waals surface area contributed by atoms with Crippen molar-refractivity contribution < 1.29 is 13.9 Å². The van der Waals surface area contributed by atoms with Gasteiger partial charge in [-0.05, 0) is 29.8 Å². The Morgan fingerprint density at radius 3 is 2.46 bits per heavy atom. The Morgan fingerprint density at radius 2 is 1.73 bits per heavy atom. The Labute approximate surface area is 151 Å². The highest BCUT2D eigenvalue weighted by atomic mass is 19.1. The summed E-state index contributed by atoms with van der Waals surface area (Å²) >= 11 is 0. The molecule has 0 spiro atoms. The fraction of sp³-hybridized carbons (Fsp3) is 0.143. The van der Waals surface area contributed by atoms with Gasteiger partial charge in [0, 0.05) is 6.20 Å². The second kappa shape index (κ2) is 8.76. The third-order valence-corrected chi connectivity index (χ3v) is 3.85. The number of aromatic nitrogens is 1. The molecular weight excluding hydrogens is 331 g/mol. The van der Waals surface area contributed by atoms with Gasteiger partial charge in [0.2, 0.25) is 5.91 Å². The second-order valence-corrected chi connectivity index (χ2v) is 5.69. The van der Waals surface area contributed by atoms with Gasteiger partial charge in [0.15, 0.2) is 11.6 Å². The number of ether oxygens (including phenoxy) is 1. The van der Waals surface area contributed by atoms with E-state index in [0.29, 0.717) is 0 Å². The molecule has 0 saturated carbocycles. The molecule has 0 aliphatic heterocycles. The first-order chi connectivity index (χ1) is 12.7. The number of nitrogens with one attached hydrogen (secondary N) is 1. The van der Waals surface area contributed by atoms with E-state index in [9.17, 15) is 9.18 Å². The van der Waals surface area contributed by atoms with Gasteiger partial charge in [-0.2, -0.15) is 0 Å². The molecule has 1 unspecified atom stereocenters. The van der Waals surface area contributed by atoms with Gasteiger partial charge in [-0.1, -0.05) is 48.5 Å². The van der Waals surface area contributed by atoms with Crippen LogP contribution in [0.15, 0.2) is 79.0 Å². The molecule has 1 aromatic heterocycles. The van der Waals surface area contributed by atoms with Crippen molar-refractivity contribution in [1.29, 1.82) is 0 Å². The molecule has 3 aromatic rings. The van der Waals surface area contributed by atoms with Gasteiger partial charge < -0.3 is 10.1 Å². The van der Waals surface area contributed by atoms with Crippen LogP contribution in [0.25, 0.3) is 0 Å². The minimum absolute atomic E-state index is 0.0937. The number of carbonyl (C=O) groups excluding carboxylic acids is 1. The molecule has 0 aliphatic rings. The van der Waals surface area contributed by atoms with E-state index < -0.39 is 5.82 Å². The largest absolute Gasteiger partial charge is 0.490 e. The maximum absolute atomic E-state index is 13.5. The quantitative estimate of drug-likeness (QED) is 0.703. The van der Waals surface area contributed by atoms with Crippen LogP contribution in [0.4, 0.5) is 4.39 Å². The van der Waals surface area contributed by atoms with Crippen molar-refractivity contribution in [1.82, 2.24) is 10.3 Å². The standard InChI is InChI=1S/C21H19FN2O2/c22-17-10-4-5-12-19(17)26-15-13-20(25)24-21(16-8-2-1-3-9-16)18-11-6-7-14-23-18/h1-12,14,21H,13,15H2,(H,24,25). The average Bonchev–Trinajstić information content (AvgIpc) is 2.69. The van der Waals surface area contributed by atoms with Crippen LogP contribution in [-0.4, -0.2) is 17.5 Å². The molecule has 0 radical (unpaired) electrons. The van der Waals surface area contributed by atoms with Crippen LogP contribution in [-0.2, 0) is 4.79 Å². The molecule has 0 aliphatic carbocycles. The Kier molecular flexibility index (Phi) is 5.93. The number of hydrogen-bond acceptors (Lipinski definition) is 3. The number of benzene rings is 2. The van der Waals surface area contributed by atoms with E-state index in [2.05, 4.69) is 10.3 Å². The fourth-order valence-corrected chi connectivity index (χ4v) is 2.57. The number of para-hydroxylation sites is 1. The molecule has 3 rings (SSSR count). The highest BCUT2D eigenvalue weighted by Gasteiger charge is 2.17. The monoisotopic (exact) mass is 350 g/mol. The first-order valence-electron chi connectivity index (χ1n) is 8.36. The molecule has 5 heteroatoms. The summed E-state index contributed by atoms with van der Waals surface area (Å²) in [5.74, 6) is -0.492. The molecule has 4 nitrogen and oxygen atoms in total. The average molecular weight is 350 g/mol. The number of nitrogens with zero attached hydrogens (tertiary/aromatic N) is 1. The van der Waals surface area contributed by atoms with Crippen molar-refractivity contribution in [3.05, 3.63) is 96.1 Å². The highest BCUT2D eigenvalue weighted by Crippen LogP contribution is 2.20. The summed E-state index contributed by atoms with van der Waals surface area (Å²) in [6, 6.07) is 21.0. The number of amides is 1. The molecule has 1 heterocycles. The number of halogens is 1. The second-order valence-electron chi connectivity index (χ2n) is 5.69. The molecular formula is C21H19FN2O2. The molecule has 2 aromatic carbocycles. The van der Waals surface area contributed by atoms with Gasteiger partial charge in [0.25, 0.3) is 0 Å². The Balaban J connectivity index is 1.63. The Bertz CT molecular complexity index is 801. The van der Waals surface area contributed by atoms with Crippen molar-refractivity contribution >= 4 is 5.91 Å². The third-order valence-electron chi connectivity index (χ3n) is 3.85. The van der Waals surface area contributed by atoms with Gasteiger partial charge in [0.05, 0.1) is 24.8 Å². The van der Waals surface area contributed by atoms with Crippen molar-refractivity contribution in [2.75, 3.05) is 6.61 Å². The summed E-state index contributed by atoms with van der Waals surface area (Å²) in [5.41, 5.74) is 1.69. The highest BCUT2D eigenvalue weighted by molar-refractivity contribution is 5.77. The molecule has 0 bridgehead atoms. The number of carbonyl (C=O) groups is 1. The summed E-state index contributed by atoms with van der Waals surface area (Å²) in [6.45, 7) is 0.0937. The molecule has 0 fully saturated rings. The summed E-state index contributed by atoms with van der Waals surface area (Å²) in [5, 5.41) is 2.98. The summed E-state index contributed by atoms with van der Waals surface area (Å²) in [4.78, 5) is 16.7. The minimum Gasteiger partial charge on any atom is -0.490 e. The van der Waals surface area contributed by atoms with E-state index >= 15 is 0 Å². The van der Waals surface area contributed by atoms with Crippen LogP contribution in [0.3, 0.4) is 0 Å². The van der Waals surface area contributed by atoms with Gasteiger partial charge in [-0.15, -0.1) is 0 Å². The zero-order chi connectivity index (χ0) is 18.2. The summed E-state index contributed by atoms with van der Waals surface area (Å²) in [7, 11) is 0. The number of pyridine rings is 1. The lowest BCUT2D eigenvalue weighted by molar-refractivity contribution is -0.122. The maximum atomic E-state index is 13.5. The first kappa shape index (κ1) is 17.6. The van der Waals surface area contributed by atoms with Gasteiger partial charge in [-0.3, -0.25) is 9.78 Å². The zero-order valence-electron chi connectivity index (χ0n) is 14.1. The normalized spacial score (nSPS) is 11.6. The Morgan fingerprint density at radius 1 is 1.00 bits per heavy atom. The molecule has 132 valence electrons. The predicted molar refractivity (Wildman–Crippen MR) is 97.2 cm³/mol. The lowest BCUT2D eigenvalue weighted by atomic mass is 10.0. The van der Waals surface area contributed by atoms with Crippen molar-refractivity contribution in [3.8, 4) is 5.75 Å². The third kappa shape index (κ3) is 4.66. The van der Waals surface area contributed by atoms with Crippen molar-refractivity contribution in [3.63, 3.8) is 0 Å². The van der Waals surface area contributed by atoms with Crippen LogP contribution < -0.4 is 10.1 Å². The first-order valence-corrected chi connectivity index (χ1v) is 8.36. The van der Waals surface area contributed by atoms with Crippen LogP contribution >= 0.6 is 0 Å². The van der Waals surface area contributed by atoms with Crippen LogP contribution in [0.1, 0.15) is 23.7 Å². The number of rotatable bonds is 7. The van der Waals surface area contributed by atoms with E-state index in [0.717, 1.165) is 11.3 Å². The molecule has 1 atom stereocenters. The van der Waals surface area contributed by atoms with Gasteiger partial charge in [0.1, 0.15) is 0 Å². The lowest BCUT2D eigenvalue weighted by Crippen LogP contribution is -2.30. The van der Waals surface area contributed by atoms with Crippen LogP contribution in [0, 0.1) is 5.82 Å². The molecule has 0 saturated heterocycles. The van der Waals surface area contributed by atoms with Crippen LogP contribution in [0.2, 0.25) is 0 Å². The zero-order valence-corrected chi connectivity index (χ0v) is 14.1. The molecule has 1 N–H and O–H groups in total. The molecule has 26 heavy (non-hydrogen) atoms. The summed E-state index contributed by atoms with van der Waals surface area (Å²) in [6.07, 6.45) is 1.81. The van der Waals surface area contributed by atoms with E-state index in [1.165, 1.54) is 12.1 Å². The van der Waals surface area contributed by atoms with E-state index in [1.54, 1.807) is 18.3 Å². The fourth-order valence-electron chi connectivity index (χ4n) is 2.57. The predicted octanol–water partition coefficient (Wildman–Crippen LogP) is 3.90. The molecule has 1 amide bonds.